The molecular weight excluding hydrogens is 340 g/mol. The lowest BCUT2D eigenvalue weighted by molar-refractivity contribution is 0.457. The Hall–Kier alpha value is -1.13. The zero-order chi connectivity index (χ0) is 14.1. The summed E-state index contributed by atoms with van der Waals surface area (Å²) in [6.07, 6.45) is 3.20. The SMILES string of the molecule is CCc1cc(Oc2cc(Br)nc(C3CC3)n2)ccc1Cl. The quantitative estimate of drug-likeness (QED) is 0.715. The highest BCUT2D eigenvalue weighted by atomic mass is 79.9. The highest BCUT2D eigenvalue weighted by Gasteiger charge is 2.27. The largest absolute Gasteiger partial charge is 0.439 e. The zero-order valence-corrected chi connectivity index (χ0v) is 13.4. The Morgan fingerprint density at radius 3 is 2.80 bits per heavy atom. The van der Waals surface area contributed by atoms with Crippen molar-refractivity contribution in [3.05, 3.63) is 45.3 Å². The van der Waals surface area contributed by atoms with Gasteiger partial charge in [0.1, 0.15) is 16.2 Å². The molecule has 104 valence electrons. The van der Waals surface area contributed by atoms with Gasteiger partial charge in [-0.05, 0) is 59.0 Å². The van der Waals surface area contributed by atoms with Gasteiger partial charge < -0.3 is 4.74 Å². The minimum Gasteiger partial charge on any atom is -0.439 e. The van der Waals surface area contributed by atoms with E-state index in [9.17, 15) is 0 Å². The molecule has 3 rings (SSSR count). The summed E-state index contributed by atoms with van der Waals surface area (Å²) in [5.74, 6) is 2.67. The molecule has 1 heterocycles. The number of hydrogen-bond donors (Lipinski definition) is 0. The van der Waals surface area contributed by atoms with Gasteiger partial charge in [-0.15, -0.1) is 0 Å². The maximum absolute atomic E-state index is 6.11. The summed E-state index contributed by atoms with van der Waals surface area (Å²) in [6, 6.07) is 7.45. The van der Waals surface area contributed by atoms with Crippen molar-refractivity contribution in [1.29, 1.82) is 0 Å². The van der Waals surface area contributed by atoms with Gasteiger partial charge in [0.05, 0.1) is 0 Å². The fourth-order valence-corrected chi connectivity index (χ4v) is 2.63. The van der Waals surface area contributed by atoms with Crippen LogP contribution >= 0.6 is 27.5 Å². The molecule has 1 aromatic heterocycles. The third kappa shape index (κ3) is 3.13. The standard InChI is InChI=1S/C15H14BrClN2O/c1-2-9-7-11(5-6-12(9)17)20-14-8-13(16)18-15(19-14)10-3-4-10/h5-8,10H,2-4H2,1H3. The molecule has 2 aromatic rings. The van der Waals surface area contributed by atoms with Crippen molar-refractivity contribution in [2.45, 2.75) is 32.1 Å². The van der Waals surface area contributed by atoms with E-state index in [0.717, 1.165) is 46.0 Å². The molecule has 0 radical (unpaired) electrons. The van der Waals surface area contributed by atoms with E-state index in [4.69, 9.17) is 16.3 Å². The van der Waals surface area contributed by atoms with Crippen molar-refractivity contribution in [1.82, 2.24) is 9.97 Å². The molecule has 1 fully saturated rings. The molecule has 0 amide bonds. The predicted octanol–water partition coefficient (Wildman–Crippen LogP) is 5.12. The second-order valence-corrected chi connectivity index (χ2v) is 6.09. The van der Waals surface area contributed by atoms with Crippen LogP contribution in [0.5, 0.6) is 11.6 Å². The van der Waals surface area contributed by atoms with Crippen molar-refractivity contribution in [2.24, 2.45) is 0 Å². The van der Waals surface area contributed by atoms with Gasteiger partial charge in [0.2, 0.25) is 5.88 Å². The van der Waals surface area contributed by atoms with E-state index < -0.39 is 0 Å². The van der Waals surface area contributed by atoms with Gasteiger partial charge in [-0.3, -0.25) is 0 Å². The predicted molar refractivity (Wildman–Crippen MR) is 82.6 cm³/mol. The van der Waals surface area contributed by atoms with Crippen LogP contribution < -0.4 is 4.74 Å². The highest BCUT2D eigenvalue weighted by molar-refractivity contribution is 9.10. The van der Waals surface area contributed by atoms with Crippen molar-refractivity contribution in [2.75, 3.05) is 0 Å². The topological polar surface area (TPSA) is 35.0 Å². The summed E-state index contributed by atoms with van der Waals surface area (Å²) in [6.45, 7) is 2.07. The highest BCUT2D eigenvalue weighted by Crippen LogP contribution is 2.39. The lowest BCUT2D eigenvalue weighted by Gasteiger charge is -2.09. The van der Waals surface area contributed by atoms with E-state index in [2.05, 4.69) is 32.8 Å². The maximum atomic E-state index is 6.11. The first-order valence-electron chi connectivity index (χ1n) is 6.66. The van der Waals surface area contributed by atoms with Crippen molar-refractivity contribution < 1.29 is 4.74 Å². The molecule has 0 bridgehead atoms. The fourth-order valence-electron chi connectivity index (χ4n) is 2.00. The number of nitrogens with zero attached hydrogens (tertiary/aromatic N) is 2. The van der Waals surface area contributed by atoms with Gasteiger partial charge >= 0.3 is 0 Å². The van der Waals surface area contributed by atoms with Gasteiger partial charge in [-0.2, -0.15) is 4.98 Å². The summed E-state index contributed by atoms with van der Waals surface area (Å²) < 4.78 is 6.59. The van der Waals surface area contributed by atoms with Crippen LogP contribution in [0.25, 0.3) is 0 Å². The summed E-state index contributed by atoms with van der Waals surface area (Å²) in [5.41, 5.74) is 1.07. The third-order valence-electron chi connectivity index (χ3n) is 3.25. The Kier molecular flexibility index (Phi) is 3.94. The first-order valence-corrected chi connectivity index (χ1v) is 7.83. The second-order valence-electron chi connectivity index (χ2n) is 4.87. The first kappa shape index (κ1) is 13.8. The first-order chi connectivity index (χ1) is 9.65. The number of aromatic nitrogens is 2. The number of rotatable bonds is 4. The number of halogens is 2. The monoisotopic (exact) mass is 352 g/mol. The fraction of sp³-hybridized carbons (Fsp3) is 0.333. The lowest BCUT2D eigenvalue weighted by Crippen LogP contribution is -1.97. The van der Waals surface area contributed by atoms with Crippen LogP contribution in [0.2, 0.25) is 5.02 Å². The van der Waals surface area contributed by atoms with Crippen LogP contribution in [0, 0.1) is 0 Å². The summed E-state index contributed by atoms with van der Waals surface area (Å²) >= 11 is 9.52. The van der Waals surface area contributed by atoms with Crippen molar-refractivity contribution >= 4 is 27.5 Å². The number of benzene rings is 1. The molecule has 1 aliphatic carbocycles. The average molecular weight is 354 g/mol. The Labute approximate surface area is 131 Å². The molecule has 3 nitrogen and oxygen atoms in total. The van der Waals surface area contributed by atoms with Crippen LogP contribution in [-0.2, 0) is 6.42 Å². The van der Waals surface area contributed by atoms with Crippen molar-refractivity contribution in [3.63, 3.8) is 0 Å². The molecule has 0 unspecified atom stereocenters. The summed E-state index contributed by atoms with van der Waals surface area (Å²) in [4.78, 5) is 8.86. The molecule has 0 saturated heterocycles. The molecule has 1 aromatic carbocycles. The number of ether oxygens (including phenoxy) is 1. The van der Waals surface area contributed by atoms with Gasteiger partial charge in [-0.1, -0.05) is 18.5 Å². The Morgan fingerprint density at radius 1 is 1.30 bits per heavy atom. The molecule has 1 saturated carbocycles. The summed E-state index contributed by atoms with van der Waals surface area (Å²) in [5, 5.41) is 0.766. The Balaban J connectivity index is 1.87. The molecule has 1 aliphatic rings. The van der Waals surface area contributed by atoms with E-state index in [1.807, 2.05) is 18.2 Å². The smallest absolute Gasteiger partial charge is 0.223 e. The van der Waals surface area contributed by atoms with E-state index in [0.29, 0.717) is 11.8 Å². The number of hydrogen-bond acceptors (Lipinski definition) is 3. The Morgan fingerprint density at radius 2 is 2.10 bits per heavy atom. The molecule has 20 heavy (non-hydrogen) atoms. The van der Waals surface area contributed by atoms with Crippen molar-refractivity contribution in [3.8, 4) is 11.6 Å². The van der Waals surface area contributed by atoms with E-state index in [1.165, 1.54) is 0 Å². The van der Waals surface area contributed by atoms with Gasteiger partial charge in [0.15, 0.2) is 0 Å². The lowest BCUT2D eigenvalue weighted by atomic mass is 10.1. The van der Waals surface area contributed by atoms with E-state index in [1.54, 1.807) is 6.07 Å². The average Bonchev–Trinajstić information content (AvgIpc) is 3.25. The number of aryl methyl sites for hydroxylation is 1. The Bertz CT molecular complexity index is 644. The van der Waals surface area contributed by atoms with Gasteiger partial charge in [-0.25, -0.2) is 4.98 Å². The normalized spacial score (nSPS) is 14.3. The van der Waals surface area contributed by atoms with E-state index >= 15 is 0 Å². The van der Waals surface area contributed by atoms with Crippen LogP contribution in [0.3, 0.4) is 0 Å². The van der Waals surface area contributed by atoms with Crippen LogP contribution in [0.15, 0.2) is 28.9 Å². The molecule has 0 spiro atoms. The van der Waals surface area contributed by atoms with Gasteiger partial charge in [0, 0.05) is 17.0 Å². The minimum atomic E-state index is 0.492. The molecule has 0 atom stereocenters. The van der Waals surface area contributed by atoms with E-state index in [-0.39, 0.29) is 0 Å². The third-order valence-corrected chi connectivity index (χ3v) is 4.03. The van der Waals surface area contributed by atoms with Crippen LogP contribution in [-0.4, -0.2) is 9.97 Å². The molecular formula is C15H14BrClN2O. The molecule has 0 N–H and O–H groups in total. The minimum absolute atomic E-state index is 0.492. The molecule has 5 heteroatoms. The second kappa shape index (κ2) is 5.70. The maximum Gasteiger partial charge on any atom is 0.223 e. The zero-order valence-electron chi connectivity index (χ0n) is 11.1. The van der Waals surface area contributed by atoms with Crippen LogP contribution in [0.1, 0.15) is 37.1 Å². The molecule has 0 aliphatic heterocycles. The summed E-state index contributed by atoms with van der Waals surface area (Å²) in [7, 11) is 0. The van der Waals surface area contributed by atoms with Crippen LogP contribution in [0.4, 0.5) is 0 Å². The van der Waals surface area contributed by atoms with Gasteiger partial charge in [0.25, 0.3) is 0 Å².